The van der Waals surface area contributed by atoms with E-state index < -0.39 is 18.1 Å². The summed E-state index contributed by atoms with van der Waals surface area (Å²) < 4.78 is 5.53. The molecule has 1 aliphatic rings. The average molecular weight is 291 g/mol. The molecule has 0 fully saturated rings. The van der Waals surface area contributed by atoms with Crippen LogP contribution in [0.3, 0.4) is 0 Å². The quantitative estimate of drug-likeness (QED) is 0.850. The molecule has 1 aliphatic heterocycles. The lowest BCUT2D eigenvalue weighted by molar-refractivity contribution is -0.125. The van der Waals surface area contributed by atoms with Crippen molar-refractivity contribution in [3.8, 4) is 5.75 Å². The van der Waals surface area contributed by atoms with Gasteiger partial charge in [0.25, 0.3) is 5.91 Å². The highest BCUT2D eigenvalue weighted by Crippen LogP contribution is 2.33. The van der Waals surface area contributed by atoms with Gasteiger partial charge in [-0.25, -0.2) is 0 Å². The molecule has 0 saturated heterocycles. The van der Waals surface area contributed by atoms with Crippen LogP contribution in [0.5, 0.6) is 5.75 Å². The Morgan fingerprint density at radius 2 is 2.05 bits per heavy atom. The molecule has 2 rings (SSSR count). The van der Waals surface area contributed by atoms with Gasteiger partial charge in [-0.15, -0.1) is 0 Å². The minimum atomic E-state index is -0.852. The van der Waals surface area contributed by atoms with Crippen molar-refractivity contribution in [1.82, 2.24) is 0 Å². The van der Waals surface area contributed by atoms with E-state index in [1.54, 1.807) is 24.3 Å². The van der Waals surface area contributed by atoms with E-state index in [0.29, 0.717) is 23.8 Å². The molecule has 0 aromatic heterocycles. The second-order valence-electron chi connectivity index (χ2n) is 5.66. The second-order valence-corrected chi connectivity index (χ2v) is 5.66. The minimum Gasteiger partial charge on any atom is -0.477 e. The van der Waals surface area contributed by atoms with E-state index in [-0.39, 0.29) is 12.5 Å². The molecule has 0 radical (unpaired) electrons. The lowest BCUT2D eigenvalue weighted by atomic mass is 10.0. The molecule has 0 bridgehead atoms. The molecule has 6 nitrogen and oxygen atoms in total. The smallest absolute Gasteiger partial charge is 0.260 e. The van der Waals surface area contributed by atoms with Gasteiger partial charge in [-0.3, -0.25) is 9.59 Å². The number of nitrogens with two attached hydrogens (primary N) is 2. The summed E-state index contributed by atoms with van der Waals surface area (Å²) in [6, 6.07) is 6.45. The molecule has 21 heavy (non-hydrogen) atoms. The van der Waals surface area contributed by atoms with E-state index in [1.165, 1.54) is 4.90 Å². The van der Waals surface area contributed by atoms with Gasteiger partial charge in [-0.1, -0.05) is 26.0 Å². The average Bonchev–Trinajstić information content (AvgIpc) is 2.44. The number of primary amides is 1. The number of anilines is 1. The number of carbonyl (C=O) groups excluding carboxylic acids is 2. The van der Waals surface area contributed by atoms with E-state index in [0.717, 1.165) is 0 Å². The van der Waals surface area contributed by atoms with Crippen molar-refractivity contribution in [2.75, 3.05) is 11.4 Å². The predicted octanol–water partition coefficient (Wildman–Crippen LogP) is 0.639. The number of nitrogens with zero attached hydrogens (tertiary/aromatic N) is 1. The molecule has 114 valence electrons. The van der Waals surface area contributed by atoms with Crippen LogP contribution in [0.25, 0.3) is 0 Å². The third-order valence-corrected chi connectivity index (χ3v) is 3.40. The summed E-state index contributed by atoms with van der Waals surface area (Å²) in [6.45, 7) is 4.11. The topological polar surface area (TPSA) is 98.7 Å². The highest BCUT2D eigenvalue weighted by molar-refractivity contribution is 6.00. The summed E-state index contributed by atoms with van der Waals surface area (Å²) >= 11 is 0. The highest BCUT2D eigenvalue weighted by atomic mass is 16.5. The van der Waals surface area contributed by atoms with Crippen LogP contribution >= 0.6 is 0 Å². The highest BCUT2D eigenvalue weighted by Gasteiger charge is 2.34. The standard InChI is InChI=1S/C15H21N3O3/c1-9(2)7-10(16)15(20)18-8-13(14(17)19)21-12-6-4-3-5-11(12)18/h3-6,9-10,13H,7-8,16H2,1-2H3,(H2,17,19)/t10-,13?/m0/s1. The van der Waals surface area contributed by atoms with Crippen LogP contribution in [0.2, 0.25) is 0 Å². The number of amides is 2. The Balaban J connectivity index is 2.28. The van der Waals surface area contributed by atoms with Crippen LogP contribution in [0.1, 0.15) is 20.3 Å². The van der Waals surface area contributed by atoms with Gasteiger partial charge in [0.15, 0.2) is 6.10 Å². The van der Waals surface area contributed by atoms with Crippen LogP contribution < -0.4 is 21.1 Å². The van der Waals surface area contributed by atoms with Crippen LogP contribution in [-0.4, -0.2) is 30.5 Å². The molecule has 6 heteroatoms. The molecule has 1 unspecified atom stereocenters. The number of carbonyl (C=O) groups is 2. The second kappa shape index (κ2) is 6.13. The molecule has 1 aromatic rings. The number of hydrogen-bond acceptors (Lipinski definition) is 4. The Labute approximate surface area is 124 Å². The van der Waals surface area contributed by atoms with Crippen LogP contribution in [-0.2, 0) is 9.59 Å². The molecule has 0 spiro atoms. The first-order valence-electron chi connectivity index (χ1n) is 7.02. The van der Waals surface area contributed by atoms with Gasteiger partial charge in [0.1, 0.15) is 5.75 Å². The molecule has 1 heterocycles. The normalized spacial score (nSPS) is 18.9. The maximum absolute atomic E-state index is 12.6. The summed E-state index contributed by atoms with van der Waals surface area (Å²) in [5.41, 5.74) is 11.9. The fraction of sp³-hybridized carbons (Fsp3) is 0.467. The van der Waals surface area contributed by atoms with E-state index >= 15 is 0 Å². The molecular weight excluding hydrogens is 270 g/mol. The Hall–Kier alpha value is -2.08. The van der Waals surface area contributed by atoms with Crippen molar-refractivity contribution < 1.29 is 14.3 Å². The monoisotopic (exact) mass is 291 g/mol. The first-order chi connectivity index (χ1) is 9.90. The number of benzene rings is 1. The van der Waals surface area contributed by atoms with Gasteiger partial charge in [-0.05, 0) is 24.5 Å². The zero-order chi connectivity index (χ0) is 15.6. The number of hydrogen-bond donors (Lipinski definition) is 2. The molecule has 2 amide bonds. The third-order valence-electron chi connectivity index (χ3n) is 3.40. The minimum absolute atomic E-state index is 0.0942. The van der Waals surface area contributed by atoms with Gasteiger partial charge in [0.05, 0.1) is 18.3 Å². The van der Waals surface area contributed by atoms with Crippen molar-refractivity contribution >= 4 is 17.5 Å². The predicted molar refractivity (Wildman–Crippen MR) is 79.8 cm³/mol. The van der Waals surface area contributed by atoms with Crippen molar-refractivity contribution in [1.29, 1.82) is 0 Å². The van der Waals surface area contributed by atoms with Gasteiger partial charge in [0, 0.05) is 0 Å². The molecule has 4 N–H and O–H groups in total. The van der Waals surface area contributed by atoms with Crippen molar-refractivity contribution in [2.24, 2.45) is 17.4 Å². The molecule has 0 aliphatic carbocycles. The zero-order valence-electron chi connectivity index (χ0n) is 12.3. The van der Waals surface area contributed by atoms with Crippen LogP contribution in [0.4, 0.5) is 5.69 Å². The Kier molecular flexibility index (Phi) is 4.47. The van der Waals surface area contributed by atoms with Crippen LogP contribution in [0.15, 0.2) is 24.3 Å². The van der Waals surface area contributed by atoms with Gasteiger partial charge >= 0.3 is 0 Å². The van der Waals surface area contributed by atoms with Gasteiger partial charge < -0.3 is 21.1 Å². The largest absolute Gasteiger partial charge is 0.477 e. The maximum atomic E-state index is 12.6. The number of para-hydroxylation sites is 2. The molecule has 2 atom stereocenters. The fourth-order valence-electron chi connectivity index (χ4n) is 2.40. The Morgan fingerprint density at radius 3 is 2.67 bits per heavy atom. The lowest BCUT2D eigenvalue weighted by Crippen LogP contribution is -2.53. The number of rotatable bonds is 4. The number of ether oxygens (including phenoxy) is 1. The summed E-state index contributed by atoms with van der Waals surface area (Å²) in [7, 11) is 0. The first kappa shape index (κ1) is 15.3. The maximum Gasteiger partial charge on any atom is 0.260 e. The molecular formula is C15H21N3O3. The van der Waals surface area contributed by atoms with Crippen molar-refractivity contribution in [3.05, 3.63) is 24.3 Å². The van der Waals surface area contributed by atoms with E-state index in [9.17, 15) is 9.59 Å². The van der Waals surface area contributed by atoms with Crippen molar-refractivity contribution in [2.45, 2.75) is 32.4 Å². The molecule has 0 saturated carbocycles. The third kappa shape index (κ3) is 3.33. The first-order valence-corrected chi connectivity index (χ1v) is 7.02. The van der Waals surface area contributed by atoms with E-state index in [4.69, 9.17) is 16.2 Å². The summed E-state index contributed by atoms with van der Waals surface area (Å²) in [5.74, 6) is -0.0322. The fourth-order valence-corrected chi connectivity index (χ4v) is 2.40. The molecule has 1 aromatic carbocycles. The summed E-state index contributed by atoms with van der Waals surface area (Å²) in [6.07, 6.45) is -0.269. The Morgan fingerprint density at radius 1 is 1.38 bits per heavy atom. The van der Waals surface area contributed by atoms with E-state index in [1.807, 2.05) is 13.8 Å². The van der Waals surface area contributed by atoms with Gasteiger partial charge in [0.2, 0.25) is 5.91 Å². The van der Waals surface area contributed by atoms with Crippen LogP contribution in [0, 0.1) is 5.92 Å². The van der Waals surface area contributed by atoms with Crippen molar-refractivity contribution in [3.63, 3.8) is 0 Å². The van der Waals surface area contributed by atoms with E-state index in [2.05, 4.69) is 0 Å². The summed E-state index contributed by atoms with van der Waals surface area (Å²) in [5, 5.41) is 0. The zero-order valence-corrected chi connectivity index (χ0v) is 12.3. The SMILES string of the molecule is CC(C)C[C@H](N)C(=O)N1CC(C(N)=O)Oc2ccccc21. The Bertz CT molecular complexity index is 545. The number of fused-ring (bicyclic) bond motifs is 1. The van der Waals surface area contributed by atoms with Gasteiger partial charge in [-0.2, -0.15) is 0 Å². The summed E-state index contributed by atoms with van der Waals surface area (Å²) in [4.78, 5) is 25.5. The lowest BCUT2D eigenvalue weighted by Gasteiger charge is -2.35.